The lowest BCUT2D eigenvalue weighted by Crippen LogP contribution is -2.30. The van der Waals surface area contributed by atoms with Gasteiger partial charge in [0.1, 0.15) is 0 Å². The summed E-state index contributed by atoms with van der Waals surface area (Å²) in [5.74, 6) is 2.59. The first kappa shape index (κ1) is 10.8. The first-order valence-electron chi connectivity index (χ1n) is 5.38. The monoisotopic (exact) mass is 222 g/mol. The number of benzene rings is 1. The Morgan fingerprint density at radius 1 is 1.53 bits per heavy atom. The van der Waals surface area contributed by atoms with Crippen molar-refractivity contribution < 1.29 is 0 Å². The first-order valence-corrected chi connectivity index (χ1v) is 6.53. The van der Waals surface area contributed by atoms with Gasteiger partial charge in [0.05, 0.1) is 0 Å². The first-order chi connectivity index (χ1) is 7.25. The molecule has 3 heteroatoms. The van der Waals surface area contributed by atoms with Crippen molar-refractivity contribution in [3.05, 3.63) is 29.8 Å². The van der Waals surface area contributed by atoms with E-state index in [1.807, 2.05) is 12.1 Å². The molecule has 2 nitrogen and oxygen atoms in total. The zero-order valence-corrected chi connectivity index (χ0v) is 9.96. The van der Waals surface area contributed by atoms with Gasteiger partial charge >= 0.3 is 0 Å². The summed E-state index contributed by atoms with van der Waals surface area (Å²) in [6, 6.07) is 8.93. The maximum absolute atomic E-state index is 5.77. The molecular formula is C12H18N2S. The molecule has 1 atom stereocenters. The standard InChI is InChI=1S/C12H18N2S/c1-14(12-5-6-15-9-12)8-10-3-2-4-11(13)7-10/h2-4,7,12H,5-6,8-9,13H2,1H3. The van der Waals surface area contributed by atoms with Gasteiger partial charge < -0.3 is 5.73 Å². The minimum atomic E-state index is 0.747. The third kappa shape index (κ3) is 2.89. The van der Waals surface area contributed by atoms with Crippen molar-refractivity contribution in [1.29, 1.82) is 0 Å². The summed E-state index contributed by atoms with van der Waals surface area (Å²) in [5, 5.41) is 0. The largest absolute Gasteiger partial charge is 0.399 e. The highest BCUT2D eigenvalue weighted by molar-refractivity contribution is 7.99. The molecule has 0 amide bonds. The van der Waals surface area contributed by atoms with Crippen LogP contribution in [0.3, 0.4) is 0 Å². The van der Waals surface area contributed by atoms with Crippen molar-refractivity contribution in [2.24, 2.45) is 0 Å². The van der Waals surface area contributed by atoms with Crippen LogP contribution in [0.4, 0.5) is 5.69 Å². The predicted molar refractivity (Wildman–Crippen MR) is 68.1 cm³/mol. The Morgan fingerprint density at radius 3 is 3.07 bits per heavy atom. The van der Waals surface area contributed by atoms with Crippen molar-refractivity contribution in [2.45, 2.75) is 19.0 Å². The molecule has 2 N–H and O–H groups in total. The van der Waals surface area contributed by atoms with E-state index in [0.29, 0.717) is 0 Å². The van der Waals surface area contributed by atoms with Crippen LogP contribution in [0, 0.1) is 0 Å². The third-order valence-electron chi connectivity index (χ3n) is 2.91. The fourth-order valence-corrected chi connectivity index (χ4v) is 3.28. The van der Waals surface area contributed by atoms with Gasteiger partial charge in [-0.2, -0.15) is 11.8 Å². The Bertz CT molecular complexity index is 321. The number of nitrogens with two attached hydrogens (primary N) is 1. The zero-order valence-electron chi connectivity index (χ0n) is 9.15. The molecule has 1 heterocycles. The van der Waals surface area contributed by atoms with E-state index in [4.69, 9.17) is 5.73 Å². The summed E-state index contributed by atoms with van der Waals surface area (Å²) < 4.78 is 0. The van der Waals surface area contributed by atoms with Gasteiger partial charge in [-0.15, -0.1) is 0 Å². The quantitative estimate of drug-likeness (QED) is 0.795. The molecule has 1 unspecified atom stereocenters. The van der Waals surface area contributed by atoms with Crippen molar-refractivity contribution in [3.63, 3.8) is 0 Å². The van der Waals surface area contributed by atoms with E-state index in [2.05, 4.69) is 35.8 Å². The Labute approximate surface area is 95.8 Å². The molecule has 1 fully saturated rings. The van der Waals surface area contributed by atoms with Gasteiger partial charge in [-0.3, -0.25) is 4.90 Å². The van der Waals surface area contributed by atoms with Crippen LogP contribution in [0.15, 0.2) is 24.3 Å². The molecule has 1 aromatic rings. The lowest BCUT2D eigenvalue weighted by molar-refractivity contribution is 0.254. The Kier molecular flexibility index (Phi) is 3.54. The molecular weight excluding hydrogens is 204 g/mol. The maximum Gasteiger partial charge on any atom is 0.0317 e. The van der Waals surface area contributed by atoms with Gasteiger partial charge in [0.2, 0.25) is 0 Å². The molecule has 1 aliphatic rings. The Morgan fingerprint density at radius 2 is 2.40 bits per heavy atom. The average molecular weight is 222 g/mol. The molecule has 0 saturated carbocycles. The number of thioether (sulfide) groups is 1. The lowest BCUT2D eigenvalue weighted by atomic mass is 10.1. The highest BCUT2D eigenvalue weighted by Gasteiger charge is 2.19. The van der Waals surface area contributed by atoms with Crippen molar-refractivity contribution >= 4 is 17.4 Å². The molecule has 82 valence electrons. The molecule has 0 aliphatic carbocycles. The highest BCUT2D eigenvalue weighted by Crippen LogP contribution is 2.22. The number of hydrogen-bond acceptors (Lipinski definition) is 3. The summed E-state index contributed by atoms with van der Waals surface area (Å²) in [6.45, 7) is 1.01. The molecule has 1 saturated heterocycles. The molecule has 0 bridgehead atoms. The lowest BCUT2D eigenvalue weighted by Gasteiger charge is -2.23. The molecule has 0 spiro atoms. The van der Waals surface area contributed by atoms with Crippen molar-refractivity contribution in [2.75, 3.05) is 24.3 Å². The van der Waals surface area contributed by atoms with Crippen molar-refractivity contribution in [1.82, 2.24) is 4.90 Å². The van der Waals surface area contributed by atoms with Crippen LogP contribution in [0.25, 0.3) is 0 Å². The number of nitrogens with zero attached hydrogens (tertiary/aromatic N) is 1. The zero-order chi connectivity index (χ0) is 10.7. The Balaban J connectivity index is 1.95. The predicted octanol–water partition coefficient (Wildman–Crippen LogP) is 2.21. The second-order valence-corrected chi connectivity index (χ2v) is 5.33. The SMILES string of the molecule is CN(Cc1cccc(N)c1)C1CCSC1. The topological polar surface area (TPSA) is 29.3 Å². The van der Waals surface area contributed by atoms with E-state index in [0.717, 1.165) is 18.3 Å². The highest BCUT2D eigenvalue weighted by atomic mass is 32.2. The second-order valence-electron chi connectivity index (χ2n) is 4.18. The smallest absolute Gasteiger partial charge is 0.0317 e. The summed E-state index contributed by atoms with van der Waals surface area (Å²) >= 11 is 2.06. The van der Waals surface area contributed by atoms with Crippen molar-refractivity contribution in [3.8, 4) is 0 Å². The van der Waals surface area contributed by atoms with Crippen LogP contribution < -0.4 is 5.73 Å². The van der Waals surface area contributed by atoms with Crippen LogP contribution in [0.2, 0.25) is 0 Å². The number of rotatable bonds is 3. The van der Waals surface area contributed by atoms with Gasteiger partial charge in [0, 0.05) is 24.0 Å². The third-order valence-corrected chi connectivity index (χ3v) is 4.06. The molecule has 0 aromatic heterocycles. The molecule has 0 radical (unpaired) electrons. The van der Waals surface area contributed by atoms with Gasteiger partial charge in [-0.25, -0.2) is 0 Å². The summed E-state index contributed by atoms with van der Waals surface area (Å²) in [4.78, 5) is 2.44. The number of nitrogen functional groups attached to an aromatic ring is 1. The van der Waals surface area contributed by atoms with E-state index in [1.54, 1.807) is 0 Å². The van der Waals surface area contributed by atoms with E-state index in [9.17, 15) is 0 Å². The molecule has 1 aliphatic heterocycles. The van der Waals surface area contributed by atoms with Gasteiger partial charge in [-0.1, -0.05) is 12.1 Å². The minimum absolute atomic E-state index is 0.747. The maximum atomic E-state index is 5.77. The van der Waals surface area contributed by atoms with Gasteiger partial charge in [0.15, 0.2) is 0 Å². The van der Waals surface area contributed by atoms with Crippen LogP contribution >= 0.6 is 11.8 Å². The van der Waals surface area contributed by atoms with E-state index in [1.165, 1.54) is 23.5 Å². The van der Waals surface area contributed by atoms with E-state index < -0.39 is 0 Å². The number of anilines is 1. The molecule has 2 rings (SSSR count). The minimum Gasteiger partial charge on any atom is -0.399 e. The Hall–Kier alpha value is -0.670. The van der Waals surface area contributed by atoms with Crippen LogP contribution in [0.1, 0.15) is 12.0 Å². The number of hydrogen-bond donors (Lipinski definition) is 1. The normalized spacial score (nSPS) is 21.1. The summed E-state index contributed by atoms with van der Waals surface area (Å²) in [5.41, 5.74) is 7.94. The van der Waals surface area contributed by atoms with E-state index in [-0.39, 0.29) is 0 Å². The summed E-state index contributed by atoms with van der Waals surface area (Å²) in [7, 11) is 2.21. The van der Waals surface area contributed by atoms with Gasteiger partial charge in [0.25, 0.3) is 0 Å². The molecule has 15 heavy (non-hydrogen) atoms. The van der Waals surface area contributed by atoms with Gasteiger partial charge in [-0.05, 0) is 36.9 Å². The fraction of sp³-hybridized carbons (Fsp3) is 0.500. The van der Waals surface area contributed by atoms with Crippen LogP contribution in [0.5, 0.6) is 0 Å². The van der Waals surface area contributed by atoms with Crippen LogP contribution in [-0.2, 0) is 6.54 Å². The molecule has 1 aromatic carbocycles. The van der Waals surface area contributed by atoms with E-state index >= 15 is 0 Å². The van der Waals surface area contributed by atoms with Crippen LogP contribution in [-0.4, -0.2) is 29.5 Å². The average Bonchev–Trinajstić information content (AvgIpc) is 2.70. The summed E-state index contributed by atoms with van der Waals surface area (Å²) in [6.07, 6.45) is 1.32. The fourth-order valence-electron chi connectivity index (χ4n) is 1.98. The second kappa shape index (κ2) is 4.90.